The van der Waals surface area contributed by atoms with Gasteiger partial charge in [0.1, 0.15) is 5.75 Å². The number of rotatable bonds is 2. The van der Waals surface area contributed by atoms with Gasteiger partial charge in [0.25, 0.3) is 0 Å². The maximum absolute atomic E-state index is 6.38. The normalized spacial score (nSPS) is 17.5. The van der Waals surface area contributed by atoms with Crippen LogP contribution in [0.5, 0.6) is 5.75 Å². The van der Waals surface area contributed by atoms with Crippen molar-refractivity contribution in [3.05, 3.63) is 65.3 Å². The van der Waals surface area contributed by atoms with Crippen LogP contribution in [0.4, 0.5) is 0 Å². The van der Waals surface area contributed by atoms with Gasteiger partial charge in [-0.2, -0.15) is 0 Å². The van der Waals surface area contributed by atoms with E-state index in [4.69, 9.17) is 16.3 Å². The summed E-state index contributed by atoms with van der Waals surface area (Å²) < 4.78 is 8.02. The molecule has 1 unspecified atom stereocenters. The van der Waals surface area contributed by atoms with E-state index in [1.165, 1.54) is 10.9 Å². The SMILES string of the molecule is Clc1cccc2ccn(CC3CCOc4ccccc43)c12. The number of hydrogen-bond acceptors (Lipinski definition) is 1. The Hall–Kier alpha value is -1.93. The predicted octanol–water partition coefficient (Wildman–Crippen LogP) is 4.86. The minimum Gasteiger partial charge on any atom is -0.493 e. The Morgan fingerprint density at radius 3 is 2.95 bits per heavy atom. The molecule has 0 saturated carbocycles. The maximum atomic E-state index is 6.38. The Kier molecular flexibility index (Phi) is 3.12. The molecule has 1 aromatic heterocycles. The van der Waals surface area contributed by atoms with Crippen LogP contribution in [-0.2, 0) is 6.54 Å². The summed E-state index contributed by atoms with van der Waals surface area (Å²) in [5, 5.41) is 2.01. The molecule has 0 saturated heterocycles. The van der Waals surface area contributed by atoms with Gasteiger partial charge in [-0.3, -0.25) is 0 Å². The topological polar surface area (TPSA) is 14.2 Å². The summed E-state index contributed by atoms with van der Waals surface area (Å²) in [6.45, 7) is 1.72. The molecular formula is C18H16ClNO. The van der Waals surface area contributed by atoms with Gasteiger partial charge >= 0.3 is 0 Å². The zero-order chi connectivity index (χ0) is 14.2. The molecule has 106 valence electrons. The summed E-state index contributed by atoms with van der Waals surface area (Å²) in [5.41, 5.74) is 2.43. The molecule has 3 aromatic rings. The predicted molar refractivity (Wildman–Crippen MR) is 86.2 cm³/mol. The monoisotopic (exact) mass is 297 g/mol. The lowest BCUT2D eigenvalue weighted by molar-refractivity contribution is 0.259. The second-order valence-corrected chi connectivity index (χ2v) is 5.92. The first kappa shape index (κ1) is 12.8. The highest BCUT2D eigenvalue weighted by Gasteiger charge is 2.22. The average Bonchev–Trinajstić information content (AvgIpc) is 2.92. The Labute approximate surface area is 128 Å². The van der Waals surface area contributed by atoms with Crippen LogP contribution in [-0.4, -0.2) is 11.2 Å². The first-order valence-electron chi connectivity index (χ1n) is 7.28. The first-order valence-corrected chi connectivity index (χ1v) is 7.66. The molecule has 1 atom stereocenters. The van der Waals surface area contributed by atoms with E-state index in [1.807, 2.05) is 18.2 Å². The minimum atomic E-state index is 0.474. The fourth-order valence-electron chi connectivity index (χ4n) is 3.21. The van der Waals surface area contributed by atoms with Gasteiger partial charge in [-0.1, -0.05) is 41.9 Å². The van der Waals surface area contributed by atoms with Crippen molar-refractivity contribution in [1.29, 1.82) is 0 Å². The summed E-state index contributed by atoms with van der Waals surface area (Å²) >= 11 is 6.38. The summed E-state index contributed by atoms with van der Waals surface area (Å²) in [5.74, 6) is 1.50. The highest BCUT2D eigenvalue weighted by atomic mass is 35.5. The third kappa shape index (κ3) is 2.20. The van der Waals surface area contributed by atoms with Gasteiger partial charge < -0.3 is 9.30 Å². The van der Waals surface area contributed by atoms with Crippen LogP contribution >= 0.6 is 11.6 Å². The number of fused-ring (bicyclic) bond motifs is 2. The molecule has 21 heavy (non-hydrogen) atoms. The Morgan fingerprint density at radius 2 is 2.00 bits per heavy atom. The largest absolute Gasteiger partial charge is 0.493 e. The van der Waals surface area contributed by atoms with E-state index in [0.717, 1.165) is 35.9 Å². The van der Waals surface area contributed by atoms with E-state index in [0.29, 0.717) is 5.92 Å². The fourth-order valence-corrected chi connectivity index (χ4v) is 3.50. The molecule has 4 rings (SSSR count). The molecule has 0 aliphatic carbocycles. The van der Waals surface area contributed by atoms with Crippen LogP contribution in [0.3, 0.4) is 0 Å². The number of para-hydroxylation sites is 2. The maximum Gasteiger partial charge on any atom is 0.122 e. The summed E-state index contributed by atoms with van der Waals surface area (Å²) in [6, 6.07) is 16.5. The zero-order valence-corrected chi connectivity index (χ0v) is 12.4. The molecule has 1 aliphatic heterocycles. The number of hydrogen-bond donors (Lipinski definition) is 0. The molecule has 0 amide bonds. The number of nitrogens with zero attached hydrogens (tertiary/aromatic N) is 1. The Bertz CT molecular complexity index is 793. The molecular weight excluding hydrogens is 282 g/mol. The number of halogens is 1. The van der Waals surface area contributed by atoms with Crippen molar-refractivity contribution in [2.24, 2.45) is 0 Å². The van der Waals surface area contributed by atoms with Crippen LogP contribution < -0.4 is 4.74 Å². The molecule has 2 nitrogen and oxygen atoms in total. The van der Waals surface area contributed by atoms with E-state index < -0.39 is 0 Å². The van der Waals surface area contributed by atoms with Crippen LogP contribution in [0.15, 0.2) is 54.7 Å². The molecule has 0 N–H and O–H groups in total. The van der Waals surface area contributed by atoms with Crippen molar-refractivity contribution < 1.29 is 4.74 Å². The van der Waals surface area contributed by atoms with Crippen molar-refractivity contribution in [2.45, 2.75) is 18.9 Å². The molecule has 2 aromatic carbocycles. The number of benzene rings is 2. The summed E-state index contributed by atoms with van der Waals surface area (Å²) in [6.07, 6.45) is 3.18. The third-order valence-corrected chi connectivity index (χ3v) is 4.54. The molecule has 0 bridgehead atoms. The highest BCUT2D eigenvalue weighted by Crippen LogP contribution is 2.35. The van der Waals surface area contributed by atoms with E-state index in [2.05, 4.69) is 41.1 Å². The molecule has 0 spiro atoms. The molecule has 0 fully saturated rings. The van der Waals surface area contributed by atoms with Crippen molar-refractivity contribution in [3.8, 4) is 5.75 Å². The van der Waals surface area contributed by atoms with Gasteiger partial charge in [0, 0.05) is 24.0 Å². The van der Waals surface area contributed by atoms with Gasteiger partial charge in [-0.05, 0) is 30.2 Å². The quantitative estimate of drug-likeness (QED) is 0.659. The van der Waals surface area contributed by atoms with E-state index in [-0.39, 0.29) is 0 Å². The van der Waals surface area contributed by atoms with Gasteiger partial charge in [-0.15, -0.1) is 0 Å². The van der Waals surface area contributed by atoms with Crippen LogP contribution in [0, 0.1) is 0 Å². The third-order valence-electron chi connectivity index (χ3n) is 4.24. The van der Waals surface area contributed by atoms with Gasteiger partial charge in [-0.25, -0.2) is 0 Å². The van der Waals surface area contributed by atoms with Crippen molar-refractivity contribution in [2.75, 3.05) is 6.61 Å². The van der Waals surface area contributed by atoms with E-state index in [9.17, 15) is 0 Å². The molecule has 1 aliphatic rings. The van der Waals surface area contributed by atoms with Crippen LogP contribution in [0.2, 0.25) is 5.02 Å². The fraction of sp³-hybridized carbons (Fsp3) is 0.222. The molecule has 0 radical (unpaired) electrons. The minimum absolute atomic E-state index is 0.474. The van der Waals surface area contributed by atoms with Crippen LogP contribution in [0.1, 0.15) is 17.9 Å². The van der Waals surface area contributed by atoms with Gasteiger partial charge in [0.15, 0.2) is 0 Å². The van der Waals surface area contributed by atoms with Crippen molar-refractivity contribution in [3.63, 3.8) is 0 Å². The van der Waals surface area contributed by atoms with E-state index >= 15 is 0 Å². The first-order chi connectivity index (χ1) is 10.3. The second-order valence-electron chi connectivity index (χ2n) is 5.52. The number of aromatic nitrogens is 1. The summed E-state index contributed by atoms with van der Waals surface area (Å²) in [7, 11) is 0. The molecule has 2 heterocycles. The Morgan fingerprint density at radius 1 is 1.10 bits per heavy atom. The van der Waals surface area contributed by atoms with Gasteiger partial charge in [0.2, 0.25) is 0 Å². The standard InChI is InChI=1S/C18H16ClNO/c19-16-6-3-4-13-8-10-20(18(13)16)12-14-9-11-21-17-7-2-1-5-15(14)17/h1-8,10,14H,9,11-12H2. The van der Waals surface area contributed by atoms with Crippen LogP contribution in [0.25, 0.3) is 10.9 Å². The second kappa shape index (κ2) is 5.12. The van der Waals surface area contributed by atoms with Crippen molar-refractivity contribution >= 4 is 22.5 Å². The zero-order valence-electron chi connectivity index (χ0n) is 11.6. The Balaban J connectivity index is 1.73. The summed E-state index contributed by atoms with van der Waals surface area (Å²) in [4.78, 5) is 0. The smallest absolute Gasteiger partial charge is 0.122 e. The lowest BCUT2D eigenvalue weighted by Crippen LogP contribution is -2.18. The average molecular weight is 298 g/mol. The lowest BCUT2D eigenvalue weighted by atomic mass is 9.93. The lowest BCUT2D eigenvalue weighted by Gasteiger charge is -2.26. The highest BCUT2D eigenvalue weighted by molar-refractivity contribution is 6.35. The molecule has 3 heteroatoms. The van der Waals surface area contributed by atoms with Gasteiger partial charge in [0.05, 0.1) is 17.1 Å². The van der Waals surface area contributed by atoms with E-state index in [1.54, 1.807) is 0 Å². The number of ether oxygens (including phenoxy) is 1. The van der Waals surface area contributed by atoms with Crippen molar-refractivity contribution in [1.82, 2.24) is 4.57 Å².